The number of amides is 2. The molecule has 8 N–H and O–H groups in total. The van der Waals surface area contributed by atoms with Crippen LogP contribution in [0.3, 0.4) is 0 Å². The number of hydrogen-bond acceptors (Lipinski definition) is 13. The van der Waals surface area contributed by atoms with Gasteiger partial charge in [0.2, 0.25) is 17.5 Å². The van der Waals surface area contributed by atoms with E-state index in [1.807, 2.05) is 24.3 Å². The number of aliphatic hydroxyl groups is 6. The van der Waals surface area contributed by atoms with Crippen LogP contribution in [0, 0.1) is 0 Å². The lowest BCUT2D eigenvalue weighted by molar-refractivity contribution is -0.433. The lowest BCUT2D eigenvalue weighted by atomic mass is 9.80. The van der Waals surface area contributed by atoms with Crippen LogP contribution in [0.4, 0.5) is 11.4 Å². The number of carbonyl (C=O) groups excluding carboxylic acids is 2. The third-order valence-corrected chi connectivity index (χ3v) is 12.6. The molecule has 0 saturated carbocycles. The minimum Gasteiger partial charge on any atom is -1.00 e. The summed E-state index contributed by atoms with van der Waals surface area (Å²) in [6.45, 7) is 14.2. The summed E-state index contributed by atoms with van der Waals surface area (Å²) in [4.78, 5) is 28.4. The zero-order valence-corrected chi connectivity index (χ0v) is 38.8. The molecule has 342 valence electrons. The number of rotatable bonds is 14. The number of carbonyl (C=O) groups is 2. The van der Waals surface area contributed by atoms with Gasteiger partial charge < -0.3 is 89.1 Å². The minimum atomic E-state index is -1.47. The Kier molecular flexibility index (Phi) is 16.2. The normalized spacial score (nSPS) is 30.6. The van der Waals surface area contributed by atoms with Gasteiger partial charge >= 0.3 is 0 Å². The fourth-order valence-corrected chi connectivity index (χ4v) is 9.06. The molecule has 2 fully saturated rings. The molecular weight excluding hydrogens is 915 g/mol. The van der Waals surface area contributed by atoms with Crippen molar-refractivity contribution in [1.82, 2.24) is 10.6 Å². The summed E-state index contributed by atoms with van der Waals surface area (Å²) >= 11 is 0. The van der Waals surface area contributed by atoms with Crippen molar-refractivity contribution < 1.29 is 87.7 Å². The van der Waals surface area contributed by atoms with Crippen LogP contribution >= 0.6 is 0 Å². The first-order chi connectivity index (χ1) is 28.9. The van der Waals surface area contributed by atoms with Crippen molar-refractivity contribution in [3.8, 4) is 0 Å². The molecule has 4 aliphatic rings. The first-order valence-electron chi connectivity index (χ1n) is 21.0. The molecule has 0 aromatic heterocycles. The number of benzene rings is 2. The fraction of sp³-hybridized carbons (Fsp3) is 0.578. The smallest absolute Gasteiger partial charge is 0.224 e. The van der Waals surface area contributed by atoms with E-state index in [4.69, 9.17) is 18.9 Å². The number of likely N-dealkylation sites (N-methyl/N-ethyl adjacent to an activating group) is 1. The van der Waals surface area contributed by atoms with Crippen LogP contribution in [0.1, 0.15) is 63.8 Å². The molecule has 2 aromatic carbocycles. The number of nitrogens with one attached hydrogen (secondary N) is 2. The average Bonchev–Trinajstić information content (AvgIpc) is 3.58. The minimum absolute atomic E-state index is 0. The van der Waals surface area contributed by atoms with Crippen LogP contribution in [-0.2, 0) is 52.2 Å². The van der Waals surface area contributed by atoms with E-state index in [2.05, 4.69) is 92.0 Å². The molecule has 0 spiro atoms. The van der Waals surface area contributed by atoms with Crippen molar-refractivity contribution >= 4 is 28.9 Å². The first-order valence-corrected chi connectivity index (χ1v) is 21.0. The van der Waals surface area contributed by atoms with E-state index in [0.717, 1.165) is 58.1 Å². The van der Waals surface area contributed by atoms with Gasteiger partial charge in [-0.25, -0.2) is 0 Å². The Morgan fingerprint density at radius 1 is 0.742 bits per heavy atom. The molecular formula is C45H63IN4O12. The van der Waals surface area contributed by atoms with Crippen LogP contribution in [-0.4, -0.2) is 155 Å². The maximum absolute atomic E-state index is 13.1. The second-order valence-electron chi connectivity index (χ2n) is 17.2. The maximum atomic E-state index is 13.1. The number of anilines is 1. The molecule has 17 heteroatoms. The Bertz CT molecular complexity index is 2040. The summed E-state index contributed by atoms with van der Waals surface area (Å²) in [6.07, 6.45) is -6.15. The van der Waals surface area contributed by atoms with Gasteiger partial charge in [0.1, 0.15) is 55.4 Å². The highest BCUT2D eigenvalue weighted by Gasteiger charge is 2.47. The Balaban J connectivity index is 0.00000726. The summed E-state index contributed by atoms with van der Waals surface area (Å²) in [6, 6.07) is 12.1. The number of aliphatic hydroxyl groups excluding tert-OH is 6. The Labute approximate surface area is 380 Å². The Morgan fingerprint density at radius 3 is 1.73 bits per heavy atom. The topological polar surface area (TPSA) is 223 Å². The summed E-state index contributed by atoms with van der Waals surface area (Å²) < 4.78 is 23.5. The lowest BCUT2D eigenvalue weighted by Crippen LogP contribution is -3.00. The molecule has 2 aromatic rings. The summed E-state index contributed by atoms with van der Waals surface area (Å²) in [5.41, 5.74) is 7.41. The maximum Gasteiger partial charge on any atom is 0.224 e. The summed E-state index contributed by atoms with van der Waals surface area (Å²) in [5, 5.41) is 66.8. The number of ether oxygens (including phenoxy) is 4. The lowest BCUT2D eigenvalue weighted by Gasteiger charge is -2.39. The van der Waals surface area contributed by atoms with E-state index in [-0.39, 0.29) is 72.6 Å². The molecule has 2 amide bonds. The van der Waals surface area contributed by atoms with E-state index >= 15 is 0 Å². The molecule has 0 unspecified atom stereocenters. The van der Waals surface area contributed by atoms with Crippen LogP contribution < -0.4 is 39.5 Å². The highest BCUT2D eigenvalue weighted by Crippen LogP contribution is 2.48. The number of hydrogen-bond donors (Lipinski definition) is 8. The molecule has 0 aliphatic carbocycles. The molecule has 6 rings (SSSR count). The van der Waals surface area contributed by atoms with E-state index in [1.165, 1.54) is 14.2 Å². The Morgan fingerprint density at radius 2 is 1.24 bits per heavy atom. The van der Waals surface area contributed by atoms with Gasteiger partial charge in [0, 0.05) is 68.4 Å². The third kappa shape index (κ3) is 9.68. The fourth-order valence-electron chi connectivity index (χ4n) is 9.06. The van der Waals surface area contributed by atoms with Gasteiger partial charge in [0.15, 0.2) is 18.3 Å². The highest BCUT2D eigenvalue weighted by molar-refractivity contribution is 6.03. The average molecular weight is 979 g/mol. The largest absolute Gasteiger partial charge is 1.00 e. The number of fused-ring (bicyclic) bond motifs is 2. The van der Waals surface area contributed by atoms with Crippen LogP contribution in [0.15, 0.2) is 60.3 Å². The second kappa shape index (κ2) is 20.2. The molecule has 4 heterocycles. The monoisotopic (exact) mass is 978 g/mol. The molecule has 10 atom stereocenters. The quantitative estimate of drug-likeness (QED) is 0.0731. The van der Waals surface area contributed by atoms with Gasteiger partial charge in [-0.15, -0.1) is 0 Å². The molecule has 62 heavy (non-hydrogen) atoms. The second-order valence-corrected chi connectivity index (χ2v) is 17.2. The summed E-state index contributed by atoms with van der Waals surface area (Å²) in [7, 11) is 2.65. The third-order valence-electron chi connectivity index (χ3n) is 12.6. The van der Waals surface area contributed by atoms with E-state index in [1.54, 1.807) is 0 Å². The zero-order chi connectivity index (χ0) is 44.6. The number of methoxy groups -OCH3 is 2. The van der Waals surface area contributed by atoms with Crippen molar-refractivity contribution in [2.24, 2.45) is 0 Å². The molecule has 4 aliphatic heterocycles. The zero-order valence-electron chi connectivity index (χ0n) is 36.6. The van der Waals surface area contributed by atoms with Gasteiger partial charge in [-0.1, -0.05) is 38.1 Å². The van der Waals surface area contributed by atoms with Crippen LogP contribution in [0.5, 0.6) is 0 Å². The predicted octanol–water partition coefficient (Wildman–Crippen LogP) is -2.43. The number of halogens is 1. The van der Waals surface area contributed by atoms with Crippen molar-refractivity contribution in [3.63, 3.8) is 0 Å². The van der Waals surface area contributed by atoms with Crippen molar-refractivity contribution in [3.05, 3.63) is 82.6 Å². The van der Waals surface area contributed by atoms with E-state index in [9.17, 15) is 40.2 Å². The molecule has 16 nitrogen and oxygen atoms in total. The highest BCUT2D eigenvalue weighted by atomic mass is 127. The number of allylic oxidation sites excluding steroid dienone is 4. The molecule has 0 radical (unpaired) electrons. The first kappa shape index (κ1) is 49.7. The molecule has 0 bridgehead atoms. The predicted molar refractivity (Wildman–Crippen MR) is 225 cm³/mol. The van der Waals surface area contributed by atoms with Crippen molar-refractivity contribution in [2.45, 2.75) is 127 Å². The van der Waals surface area contributed by atoms with Crippen LogP contribution in [0.25, 0.3) is 0 Å². The Hall–Kier alpha value is -3.34. The van der Waals surface area contributed by atoms with E-state index in [0.29, 0.717) is 0 Å². The van der Waals surface area contributed by atoms with Crippen LogP contribution in [0.2, 0.25) is 0 Å². The van der Waals surface area contributed by atoms with Gasteiger partial charge in [-0.2, -0.15) is 4.58 Å². The van der Waals surface area contributed by atoms with Gasteiger partial charge in [0.05, 0.1) is 18.3 Å². The summed E-state index contributed by atoms with van der Waals surface area (Å²) in [5.74, 6) is -0.564. The molecule has 2 saturated heterocycles. The van der Waals surface area contributed by atoms with Crippen molar-refractivity contribution in [2.75, 3.05) is 45.3 Å². The SMILES string of the molecule is CCN1/C(=C/C=C/C2=[N+](CC)c3ccc(CC(=O)NC[C@H]4O[C@H](OC)[C@H](O)[C@@H](O)[C@@H]4O)cc3C2(C)C)C(C)(C)c2cc(CC(=O)NC[C@H]3O[C@H](OC)[C@H](O)[C@@H](O)[C@@H]3O)ccc21.[I-]. The van der Waals surface area contributed by atoms with Crippen molar-refractivity contribution in [1.29, 1.82) is 0 Å². The number of nitrogens with zero attached hydrogens (tertiary/aromatic N) is 2. The van der Waals surface area contributed by atoms with Gasteiger partial charge in [0.25, 0.3) is 0 Å². The van der Waals surface area contributed by atoms with E-state index < -0.39 is 61.4 Å². The van der Waals surface area contributed by atoms with Gasteiger partial charge in [-0.3, -0.25) is 9.59 Å². The van der Waals surface area contributed by atoms with Gasteiger partial charge in [-0.05, 0) is 62.6 Å². The standard InChI is InChI=1S/C45H62N4O12.HI/c1-9-48-28-16-14-24(20-34(50)46-22-30-36(52)38(54)40(56)42(58-7)60-30)18-26(28)44(3,4)32(48)12-11-13-33-45(5,6)27-19-25(15-17-29(27)49(33)10-2)21-35(51)47-23-31-37(53)39(55)41(57)43(59-8)61-31;/h11-19,30-31,36-43,52-57H,9-10,20-23H2,1-8H3,(H-,46,47,50,51);1H/t30-,31-,36-,37-,38+,39+,40-,41-,42+,43+;/m1./s1.